The predicted molar refractivity (Wildman–Crippen MR) is 113 cm³/mol. The molecule has 0 spiro atoms. The summed E-state index contributed by atoms with van der Waals surface area (Å²) in [6, 6.07) is 0. The van der Waals surface area contributed by atoms with Crippen LogP contribution in [0.5, 0.6) is 0 Å². The number of carbonyl (C=O) groups is 5. The summed E-state index contributed by atoms with van der Waals surface area (Å²) in [5.74, 6) is -2.60. The van der Waals surface area contributed by atoms with E-state index in [0.29, 0.717) is 0 Å². The molecule has 174 valence electrons. The van der Waals surface area contributed by atoms with Gasteiger partial charge >= 0.3 is 0 Å². The fraction of sp³-hybridized carbons (Fsp3) is 0.500. The second-order valence-electron chi connectivity index (χ2n) is 7.78. The Balaban J connectivity index is 1.75. The molecule has 11 nitrogen and oxygen atoms in total. The van der Waals surface area contributed by atoms with Gasteiger partial charge in [-0.25, -0.2) is 0 Å². The smallest absolute Gasteiger partial charge is 0.249 e. The van der Waals surface area contributed by atoms with Crippen molar-refractivity contribution in [3.63, 3.8) is 0 Å². The average molecular weight is 468 g/mol. The van der Waals surface area contributed by atoms with Crippen LogP contribution in [-0.4, -0.2) is 76.1 Å². The minimum absolute atomic E-state index is 0.00138. The molecule has 0 saturated heterocycles. The van der Waals surface area contributed by atoms with Crippen LogP contribution in [0.1, 0.15) is 58.6 Å². The van der Waals surface area contributed by atoms with Crippen LogP contribution in [0, 0.1) is 5.41 Å². The molecule has 0 radical (unpaired) electrons. The molecule has 1 atom stereocenters. The SMILES string of the molecule is CC(=O)c1noc2c1C(=O)C(SCCNC(=O)CCNC(=O)[C@H](O)C(C)(C)CO)=CC2=O. The molecule has 0 aliphatic heterocycles. The first kappa shape index (κ1) is 25.4. The molecule has 1 aromatic heterocycles. The fourth-order valence-electron chi connectivity index (χ4n) is 2.67. The zero-order valence-corrected chi connectivity index (χ0v) is 18.7. The number of nitrogens with zero attached hydrogens (tertiary/aromatic N) is 1. The van der Waals surface area contributed by atoms with Crippen LogP contribution in [-0.2, 0) is 9.59 Å². The predicted octanol–water partition coefficient (Wildman–Crippen LogP) is -0.125. The maximum Gasteiger partial charge on any atom is 0.249 e. The molecule has 1 heterocycles. The van der Waals surface area contributed by atoms with Crippen molar-refractivity contribution < 1.29 is 38.7 Å². The number of rotatable bonds is 11. The van der Waals surface area contributed by atoms with E-state index in [-0.39, 0.29) is 59.7 Å². The van der Waals surface area contributed by atoms with E-state index in [1.54, 1.807) is 0 Å². The molecule has 0 saturated carbocycles. The second-order valence-corrected chi connectivity index (χ2v) is 8.92. The summed E-state index contributed by atoms with van der Waals surface area (Å²) in [4.78, 5) is 60.1. The monoisotopic (exact) mass is 467 g/mol. The Morgan fingerprint density at radius 3 is 2.53 bits per heavy atom. The standard InChI is InChI=1S/C20H25N3O8S/c1-10(25)15-14-16(28)12(8-11(26)17(14)31-23-15)32-7-6-21-13(27)4-5-22-19(30)18(29)20(2,3)9-24/h8,18,24,29H,4-7,9H2,1-3H3,(H,21,27)(H,22,30)/t18-/m0/s1. The lowest BCUT2D eigenvalue weighted by Gasteiger charge is -2.27. The number of aliphatic hydroxyl groups excluding tert-OH is 2. The number of allylic oxidation sites excluding steroid dienone is 2. The summed E-state index contributed by atoms with van der Waals surface area (Å²) in [5, 5.41) is 27.6. The van der Waals surface area contributed by atoms with Gasteiger partial charge in [0.25, 0.3) is 0 Å². The first-order valence-electron chi connectivity index (χ1n) is 9.77. The minimum Gasteiger partial charge on any atom is -0.396 e. The molecule has 1 aromatic rings. The molecule has 2 rings (SSSR count). The summed E-state index contributed by atoms with van der Waals surface area (Å²) in [6.07, 6.45) is -0.332. The number of carbonyl (C=O) groups excluding carboxylic acids is 5. The number of thioether (sulfide) groups is 1. The maximum atomic E-state index is 12.6. The number of aromatic nitrogens is 1. The zero-order chi connectivity index (χ0) is 24.1. The lowest BCUT2D eigenvalue weighted by atomic mass is 9.87. The number of amides is 2. The molecule has 0 bridgehead atoms. The number of fused-ring (bicyclic) bond motifs is 1. The van der Waals surface area contributed by atoms with Crippen molar-refractivity contribution in [1.82, 2.24) is 15.8 Å². The van der Waals surface area contributed by atoms with E-state index >= 15 is 0 Å². The Kier molecular flexibility index (Phi) is 8.47. The van der Waals surface area contributed by atoms with Crippen LogP contribution in [0.25, 0.3) is 0 Å². The van der Waals surface area contributed by atoms with Crippen LogP contribution in [0.15, 0.2) is 15.5 Å². The van der Waals surface area contributed by atoms with Crippen molar-refractivity contribution in [2.45, 2.75) is 33.3 Å². The van der Waals surface area contributed by atoms with Crippen LogP contribution in [0.4, 0.5) is 0 Å². The second kappa shape index (κ2) is 10.7. The Morgan fingerprint density at radius 1 is 1.22 bits per heavy atom. The van der Waals surface area contributed by atoms with Crippen molar-refractivity contribution in [1.29, 1.82) is 0 Å². The largest absolute Gasteiger partial charge is 0.396 e. The highest BCUT2D eigenvalue weighted by Gasteiger charge is 2.35. The van der Waals surface area contributed by atoms with Crippen molar-refractivity contribution in [2.75, 3.05) is 25.4 Å². The van der Waals surface area contributed by atoms with E-state index < -0.39 is 34.8 Å². The number of nitrogens with one attached hydrogen (secondary N) is 2. The maximum absolute atomic E-state index is 12.6. The van der Waals surface area contributed by atoms with Gasteiger partial charge in [0.2, 0.25) is 29.1 Å². The Hall–Kier alpha value is -2.83. The third kappa shape index (κ3) is 5.90. The van der Waals surface area contributed by atoms with Gasteiger partial charge in [0.1, 0.15) is 11.7 Å². The van der Waals surface area contributed by atoms with Gasteiger partial charge in [0, 0.05) is 43.7 Å². The van der Waals surface area contributed by atoms with Crippen LogP contribution < -0.4 is 10.6 Å². The van der Waals surface area contributed by atoms with Gasteiger partial charge in [-0.05, 0) is 0 Å². The molecule has 0 fully saturated rings. The Bertz CT molecular complexity index is 966. The third-order valence-electron chi connectivity index (χ3n) is 4.69. The van der Waals surface area contributed by atoms with Gasteiger partial charge in [-0.15, -0.1) is 11.8 Å². The van der Waals surface area contributed by atoms with Gasteiger partial charge in [-0.2, -0.15) is 0 Å². The fourth-order valence-corrected chi connectivity index (χ4v) is 3.51. The average Bonchev–Trinajstić information content (AvgIpc) is 3.20. The minimum atomic E-state index is -1.41. The van der Waals surface area contributed by atoms with E-state index in [4.69, 9.17) is 4.52 Å². The normalized spacial score (nSPS) is 14.5. The van der Waals surface area contributed by atoms with E-state index in [2.05, 4.69) is 15.8 Å². The number of aliphatic hydroxyl groups is 2. The Morgan fingerprint density at radius 2 is 1.91 bits per heavy atom. The summed E-state index contributed by atoms with van der Waals surface area (Å²) in [5.41, 5.74) is -1.33. The van der Waals surface area contributed by atoms with Crippen molar-refractivity contribution in [2.24, 2.45) is 5.41 Å². The number of hydrogen-bond acceptors (Lipinski definition) is 10. The molecule has 1 aliphatic rings. The molecule has 0 aromatic carbocycles. The van der Waals surface area contributed by atoms with Crippen molar-refractivity contribution in [3.05, 3.63) is 28.0 Å². The first-order valence-corrected chi connectivity index (χ1v) is 10.8. The van der Waals surface area contributed by atoms with Crippen LogP contribution in [0.3, 0.4) is 0 Å². The van der Waals surface area contributed by atoms with Gasteiger partial charge < -0.3 is 25.4 Å². The molecule has 2 amide bonds. The highest BCUT2D eigenvalue weighted by Crippen LogP contribution is 2.30. The molecule has 1 aliphatic carbocycles. The first-order chi connectivity index (χ1) is 15.0. The highest BCUT2D eigenvalue weighted by atomic mass is 32.2. The third-order valence-corrected chi connectivity index (χ3v) is 5.71. The molecular formula is C20H25N3O8S. The quantitative estimate of drug-likeness (QED) is 0.253. The van der Waals surface area contributed by atoms with Crippen molar-refractivity contribution >= 4 is 40.9 Å². The number of ketones is 3. The zero-order valence-electron chi connectivity index (χ0n) is 17.9. The highest BCUT2D eigenvalue weighted by molar-refractivity contribution is 8.04. The summed E-state index contributed by atoms with van der Waals surface area (Å²) < 4.78 is 4.82. The van der Waals surface area contributed by atoms with Gasteiger partial charge in [0.05, 0.1) is 11.5 Å². The Labute approximate surface area is 188 Å². The van der Waals surface area contributed by atoms with Gasteiger partial charge in [-0.3, -0.25) is 24.0 Å². The van der Waals surface area contributed by atoms with Crippen LogP contribution >= 0.6 is 11.8 Å². The van der Waals surface area contributed by atoms with Crippen LogP contribution in [0.2, 0.25) is 0 Å². The van der Waals surface area contributed by atoms with Crippen molar-refractivity contribution in [3.8, 4) is 0 Å². The number of Topliss-reactive ketones (excluding diaryl/α,β-unsaturated/α-hetero) is 2. The van der Waals surface area contributed by atoms with E-state index in [0.717, 1.165) is 17.8 Å². The summed E-state index contributed by atoms with van der Waals surface area (Å²) >= 11 is 1.05. The summed E-state index contributed by atoms with van der Waals surface area (Å²) in [7, 11) is 0. The van der Waals surface area contributed by atoms with E-state index in [1.165, 1.54) is 20.8 Å². The lowest BCUT2D eigenvalue weighted by molar-refractivity contribution is -0.137. The molecule has 0 unspecified atom stereocenters. The molecule has 32 heavy (non-hydrogen) atoms. The summed E-state index contributed by atoms with van der Waals surface area (Å²) in [6.45, 7) is 4.09. The van der Waals surface area contributed by atoms with Gasteiger partial charge in [0.15, 0.2) is 11.5 Å². The van der Waals surface area contributed by atoms with E-state index in [9.17, 15) is 34.2 Å². The molecular weight excluding hydrogens is 442 g/mol. The van der Waals surface area contributed by atoms with E-state index in [1.807, 2.05) is 0 Å². The number of hydrogen-bond donors (Lipinski definition) is 4. The topological polar surface area (TPSA) is 176 Å². The van der Waals surface area contributed by atoms with Gasteiger partial charge in [-0.1, -0.05) is 19.0 Å². The molecule has 12 heteroatoms. The lowest BCUT2D eigenvalue weighted by Crippen LogP contribution is -2.46. The molecule has 4 N–H and O–H groups in total.